The van der Waals surface area contributed by atoms with E-state index in [0.717, 1.165) is 39.9 Å². The molecule has 3 aromatic heterocycles. The van der Waals surface area contributed by atoms with Crippen molar-refractivity contribution in [3.63, 3.8) is 0 Å². The van der Waals surface area contributed by atoms with Crippen molar-refractivity contribution in [2.24, 2.45) is 5.41 Å². The Kier molecular flexibility index (Phi) is 7.47. The Balaban J connectivity index is 2.13. The van der Waals surface area contributed by atoms with Crippen molar-refractivity contribution in [3.05, 3.63) is 69.3 Å². The maximum absolute atomic E-state index is 5.67. The quantitative estimate of drug-likeness (QED) is 0.213. The lowest BCUT2D eigenvalue weighted by Crippen LogP contribution is -2.23. The van der Waals surface area contributed by atoms with E-state index in [2.05, 4.69) is 150 Å². The predicted molar refractivity (Wildman–Crippen MR) is 191 cm³/mol. The second-order valence-corrected chi connectivity index (χ2v) is 18.4. The van der Waals surface area contributed by atoms with Crippen molar-refractivity contribution in [3.8, 4) is 0 Å². The van der Waals surface area contributed by atoms with Crippen molar-refractivity contribution < 1.29 is 0 Å². The van der Waals surface area contributed by atoms with Gasteiger partial charge in [-0.3, -0.25) is 4.98 Å². The first-order chi connectivity index (χ1) is 20.0. The van der Waals surface area contributed by atoms with Crippen LogP contribution in [0.1, 0.15) is 155 Å². The number of aromatic nitrogens is 4. The van der Waals surface area contributed by atoms with Gasteiger partial charge in [-0.2, -0.15) is 0 Å². The van der Waals surface area contributed by atoms with E-state index in [1.807, 2.05) is 0 Å². The number of rotatable bonds is 0. The van der Waals surface area contributed by atoms with Gasteiger partial charge in [-0.05, 0) is 69.9 Å². The molecule has 4 heteroatoms. The number of hydrogen-bond donors (Lipinski definition) is 2. The molecule has 0 aliphatic carbocycles. The van der Waals surface area contributed by atoms with Crippen LogP contribution in [0.25, 0.3) is 34.2 Å². The number of nitrogens with one attached hydrogen (secondary N) is 2. The van der Waals surface area contributed by atoms with Gasteiger partial charge in [-0.25, -0.2) is 4.98 Å². The second kappa shape index (κ2) is 10.2. The molecular weight excluding hydrogens is 536 g/mol. The molecule has 0 spiro atoms. The molecule has 0 radical (unpaired) electrons. The molecule has 3 aromatic rings. The summed E-state index contributed by atoms with van der Waals surface area (Å²) in [4.78, 5) is 18.9. The number of hydrogen-bond acceptors (Lipinski definition) is 2. The topological polar surface area (TPSA) is 57.4 Å². The molecule has 0 fully saturated rings. The normalized spacial score (nSPS) is 16.6. The Morgan fingerprint density at radius 3 is 1.23 bits per heavy atom. The Bertz CT molecular complexity index is 1790. The van der Waals surface area contributed by atoms with Gasteiger partial charge < -0.3 is 9.97 Å². The third-order valence-corrected chi connectivity index (χ3v) is 9.17. The maximum atomic E-state index is 5.67. The molecule has 0 amide bonds. The molecule has 0 saturated carbocycles. The standard InChI is InChI=1S/C40H56N4/c1-36(2,3)23-22-30-33(39(10,11)12)28-19-18-26(42-28)31(37(4,5)6)24-16-17-25(41-24)32(38(7,8)9)27-20-21-29(43-27)34(35(23)44-30)40(13,14)15/h16-21,23,42-43H,22H2,1-15H3. The summed E-state index contributed by atoms with van der Waals surface area (Å²) in [6, 6.07) is 9.07. The smallest absolute Gasteiger partial charge is 0.0695 e. The van der Waals surface area contributed by atoms with Crippen molar-refractivity contribution >= 4 is 34.2 Å². The molecule has 2 N–H and O–H groups in total. The highest BCUT2D eigenvalue weighted by molar-refractivity contribution is 5.82. The van der Waals surface area contributed by atoms with Gasteiger partial charge in [0.25, 0.3) is 0 Å². The van der Waals surface area contributed by atoms with E-state index in [0.29, 0.717) is 5.92 Å². The van der Waals surface area contributed by atoms with Crippen LogP contribution in [0.3, 0.4) is 0 Å². The largest absolute Gasteiger partial charge is 0.355 e. The minimum absolute atomic E-state index is 0.0461. The van der Waals surface area contributed by atoms with Gasteiger partial charge in [0.2, 0.25) is 0 Å². The summed E-state index contributed by atoms with van der Waals surface area (Å²) in [7, 11) is 0. The van der Waals surface area contributed by atoms with Crippen molar-refractivity contribution in [2.75, 3.05) is 0 Å². The molecule has 2 aliphatic heterocycles. The van der Waals surface area contributed by atoms with E-state index in [9.17, 15) is 0 Å². The molecule has 4 nitrogen and oxygen atoms in total. The fourth-order valence-electron chi connectivity index (χ4n) is 7.45. The van der Waals surface area contributed by atoms with Crippen LogP contribution in [0.4, 0.5) is 0 Å². The van der Waals surface area contributed by atoms with E-state index in [1.165, 1.54) is 33.6 Å². The summed E-state index contributed by atoms with van der Waals surface area (Å²) in [5.41, 5.74) is 13.7. The van der Waals surface area contributed by atoms with Crippen LogP contribution < -0.4 is 0 Å². The van der Waals surface area contributed by atoms with Crippen molar-refractivity contribution in [2.45, 2.75) is 138 Å². The number of H-pyrrole nitrogens is 2. The fraction of sp³-hybridized carbons (Fsp3) is 0.550. The highest BCUT2D eigenvalue weighted by Crippen LogP contribution is 2.46. The monoisotopic (exact) mass is 592 g/mol. The van der Waals surface area contributed by atoms with E-state index >= 15 is 0 Å². The molecule has 5 rings (SSSR count). The lowest BCUT2D eigenvalue weighted by molar-refractivity contribution is 0.320. The van der Waals surface area contributed by atoms with Crippen LogP contribution in [-0.2, 0) is 28.1 Å². The molecule has 2 aliphatic rings. The van der Waals surface area contributed by atoms with Gasteiger partial charge in [-0.15, -0.1) is 0 Å². The molecule has 0 saturated heterocycles. The molecular formula is C40H56N4. The first-order valence-corrected chi connectivity index (χ1v) is 16.5. The minimum Gasteiger partial charge on any atom is -0.355 e. The first kappa shape index (κ1) is 32.3. The maximum Gasteiger partial charge on any atom is 0.0695 e. The third-order valence-electron chi connectivity index (χ3n) is 9.17. The van der Waals surface area contributed by atoms with Gasteiger partial charge in [0.05, 0.1) is 17.1 Å². The lowest BCUT2D eigenvalue weighted by atomic mass is 9.72. The SMILES string of the molecule is CC(C)(C)c1c2nc(c(C(C)(C)C)c3ccc([nH]3)c(C(C)(C)C)c3nc(c(C(C)(C)C)c4ccc1[nH]4)CC3C(C)(C)C)C=C2. The molecule has 236 valence electrons. The zero-order chi connectivity index (χ0) is 32.8. The van der Waals surface area contributed by atoms with Gasteiger partial charge >= 0.3 is 0 Å². The zero-order valence-corrected chi connectivity index (χ0v) is 30.1. The Hall–Kier alpha value is -3.14. The minimum atomic E-state index is -0.119. The zero-order valence-electron chi connectivity index (χ0n) is 30.1. The summed E-state index contributed by atoms with van der Waals surface area (Å²) < 4.78 is 0. The number of fused-ring (bicyclic) bond motifs is 8. The molecule has 8 bridgehead atoms. The highest BCUT2D eigenvalue weighted by atomic mass is 14.8. The van der Waals surface area contributed by atoms with Crippen molar-refractivity contribution in [1.82, 2.24) is 19.9 Å². The van der Waals surface area contributed by atoms with E-state index in [1.54, 1.807) is 0 Å². The molecule has 1 atom stereocenters. The first-order valence-electron chi connectivity index (χ1n) is 16.5. The lowest BCUT2D eigenvalue weighted by Gasteiger charge is -2.31. The van der Waals surface area contributed by atoms with Crippen molar-refractivity contribution in [1.29, 1.82) is 0 Å². The average molecular weight is 593 g/mol. The van der Waals surface area contributed by atoms with Gasteiger partial charge in [0.1, 0.15) is 0 Å². The third kappa shape index (κ3) is 5.82. The van der Waals surface area contributed by atoms with Crippen LogP contribution in [-0.4, -0.2) is 19.9 Å². The average Bonchev–Trinajstić information content (AvgIpc) is 3.59. The Morgan fingerprint density at radius 1 is 0.500 bits per heavy atom. The van der Waals surface area contributed by atoms with Crippen LogP contribution in [0.5, 0.6) is 0 Å². The second-order valence-electron chi connectivity index (χ2n) is 18.4. The molecule has 5 heterocycles. The van der Waals surface area contributed by atoms with Crippen LogP contribution >= 0.6 is 0 Å². The summed E-state index contributed by atoms with van der Waals surface area (Å²) in [6.45, 7) is 34.8. The van der Waals surface area contributed by atoms with E-state index in [-0.39, 0.29) is 27.1 Å². The summed E-state index contributed by atoms with van der Waals surface area (Å²) in [6.07, 6.45) is 5.35. The van der Waals surface area contributed by atoms with Crippen LogP contribution in [0.2, 0.25) is 0 Å². The Labute approximate surface area is 266 Å². The highest BCUT2D eigenvalue weighted by Gasteiger charge is 2.38. The molecule has 0 aromatic carbocycles. The number of aromatic amines is 2. The predicted octanol–water partition coefficient (Wildman–Crippen LogP) is 11.0. The van der Waals surface area contributed by atoms with Gasteiger partial charge in [-0.1, -0.05) is 104 Å². The Morgan fingerprint density at radius 2 is 0.864 bits per heavy atom. The van der Waals surface area contributed by atoms with E-state index < -0.39 is 0 Å². The summed E-state index contributed by atoms with van der Waals surface area (Å²) >= 11 is 0. The molecule has 44 heavy (non-hydrogen) atoms. The van der Waals surface area contributed by atoms with Gasteiger partial charge in [0.15, 0.2) is 0 Å². The summed E-state index contributed by atoms with van der Waals surface area (Å²) in [5.74, 6) is 0.294. The molecule has 1 unspecified atom stereocenters. The fourth-order valence-corrected chi connectivity index (χ4v) is 7.45. The van der Waals surface area contributed by atoms with Crippen LogP contribution in [0.15, 0.2) is 24.3 Å². The van der Waals surface area contributed by atoms with Crippen LogP contribution in [0, 0.1) is 5.41 Å². The van der Waals surface area contributed by atoms with Gasteiger partial charge in [0, 0.05) is 55.9 Å². The summed E-state index contributed by atoms with van der Waals surface area (Å²) in [5, 5.41) is 0. The number of nitrogens with zero attached hydrogens (tertiary/aromatic N) is 2. The van der Waals surface area contributed by atoms with E-state index in [4.69, 9.17) is 9.97 Å².